The molecule has 0 aromatic heterocycles. The van der Waals surface area contributed by atoms with Crippen LogP contribution in [0.4, 0.5) is 0 Å². The molecule has 0 unspecified atom stereocenters. The molecule has 0 atom stereocenters. The number of ether oxygens (including phenoxy) is 1. The molecule has 1 rings (SSSR count). The van der Waals surface area contributed by atoms with E-state index in [1.165, 1.54) is 19.9 Å². The van der Waals surface area contributed by atoms with Crippen molar-refractivity contribution in [2.75, 3.05) is 6.61 Å². The molecule has 104 valence electrons. The Hall–Kier alpha value is -2.04. The van der Waals surface area contributed by atoms with Gasteiger partial charge in [0.2, 0.25) is 0 Å². The van der Waals surface area contributed by atoms with Gasteiger partial charge in [-0.15, -0.1) is 0 Å². The minimum atomic E-state index is -0.401. The maximum Gasteiger partial charge on any atom is 0.302 e. The third-order valence-electron chi connectivity index (χ3n) is 2.89. The fraction of sp³-hybridized carbons (Fsp3) is 0.429. The zero-order valence-electron chi connectivity index (χ0n) is 11.3. The van der Waals surface area contributed by atoms with Gasteiger partial charge in [-0.2, -0.15) is 0 Å². The Bertz CT molecular complexity index is 505. The van der Waals surface area contributed by atoms with Crippen LogP contribution < -0.4 is 0 Å². The molecule has 0 spiro atoms. The maximum absolute atomic E-state index is 11.4. The fourth-order valence-electron chi connectivity index (χ4n) is 1.98. The summed E-state index contributed by atoms with van der Waals surface area (Å²) in [5.74, 6) is -0.881. The number of phenolic OH excluding ortho intramolecular Hbond substituents is 2. The highest BCUT2D eigenvalue weighted by Crippen LogP contribution is 2.34. The van der Waals surface area contributed by atoms with Crippen LogP contribution >= 0.6 is 0 Å². The summed E-state index contributed by atoms with van der Waals surface area (Å²) in [4.78, 5) is 22.1. The van der Waals surface area contributed by atoms with Crippen LogP contribution in [0.3, 0.4) is 0 Å². The number of esters is 1. The molecule has 0 amide bonds. The lowest BCUT2D eigenvalue weighted by atomic mass is 9.95. The number of Topliss-reactive ketones (excluding diaryl/α,β-unsaturated/α-hetero) is 1. The van der Waals surface area contributed by atoms with Gasteiger partial charge in [-0.05, 0) is 19.4 Å². The largest absolute Gasteiger partial charge is 0.508 e. The average molecular weight is 266 g/mol. The van der Waals surface area contributed by atoms with Crippen LogP contribution in [0.15, 0.2) is 6.07 Å². The van der Waals surface area contributed by atoms with Crippen molar-refractivity contribution in [3.63, 3.8) is 0 Å². The van der Waals surface area contributed by atoms with Crippen LogP contribution in [0.2, 0.25) is 0 Å². The Balaban J connectivity index is 3.13. The molecule has 1 aromatic rings. The van der Waals surface area contributed by atoms with E-state index >= 15 is 0 Å². The lowest BCUT2D eigenvalue weighted by Crippen LogP contribution is -2.07. The van der Waals surface area contributed by atoms with E-state index in [2.05, 4.69) is 0 Å². The third-order valence-corrected chi connectivity index (χ3v) is 2.89. The maximum atomic E-state index is 11.4. The highest BCUT2D eigenvalue weighted by atomic mass is 16.5. The molecule has 0 aliphatic heterocycles. The number of carbonyl (C=O) groups excluding carboxylic acids is 2. The third kappa shape index (κ3) is 3.47. The molecular weight excluding hydrogens is 248 g/mol. The molecule has 5 nitrogen and oxygen atoms in total. The second kappa shape index (κ2) is 6.22. The molecule has 0 heterocycles. The van der Waals surface area contributed by atoms with E-state index in [0.29, 0.717) is 24.0 Å². The van der Waals surface area contributed by atoms with Crippen molar-refractivity contribution in [3.05, 3.63) is 22.8 Å². The molecule has 1 aromatic carbocycles. The van der Waals surface area contributed by atoms with E-state index in [1.807, 2.05) is 6.92 Å². The van der Waals surface area contributed by atoms with Crippen LogP contribution in [0.25, 0.3) is 0 Å². The molecule has 0 aliphatic carbocycles. The highest BCUT2D eigenvalue weighted by molar-refractivity contribution is 5.97. The number of carbonyl (C=O) groups is 2. The van der Waals surface area contributed by atoms with E-state index in [9.17, 15) is 19.8 Å². The van der Waals surface area contributed by atoms with Gasteiger partial charge in [0.1, 0.15) is 11.5 Å². The summed E-state index contributed by atoms with van der Waals surface area (Å²) in [7, 11) is 0. The van der Waals surface area contributed by atoms with E-state index < -0.39 is 5.97 Å². The van der Waals surface area contributed by atoms with Gasteiger partial charge in [0.05, 0.1) is 12.2 Å². The molecule has 0 saturated carbocycles. The van der Waals surface area contributed by atoms with Crippen molar-refractivity contribution in [2.24, 2.45) is 0 Å². The van der Waals surface area contributed by atoms with Gasteiger partial charge < -0.3 is 14.9 Å². The van der Waals surface area contributed by atoms with Gasteiger partial charge in [0, 0.05) is 24.5 Å². The van der Waals surface area contributed by atoms with Crippen molar-refractivity contribution >= 4 is 11.8 Å². The molecule has 0 bridgehead atoms. The zero-order chi connectivity index (χ0) is 14.6. The van der Waals surface area contributed by atoms with Crippen molar-refractivity contribution in [1.82, 2.24) is 0 Å². The molecule has 0 saturated heterocycles. The Morgan fingerprint density at radius 1 is 1.21 bits per heavy atom. The molecule has 0 fully saturated rings. The van der Waals surface area contributed by atoms with Crippen molar-refractivity contribution in [1.29, 1.82) is 0 Å². The molecule has 0 radical (unpaired) electrons. The lowest BCUT2D eigenvalue weighted by molar-refractivity contribution is -0.140. The predicted octanol–water partition coefficient (Wildman–Crippen LogP) is 1.97. The van der Waals surface area contributed by atoms with Crippen LogP contribution in [0.5, 0.6) is 11.5 Å². The van der Waals surface area contributed by atoms with E-state index in [0.717, 1.165) is 0 Å². The summed E-state index contributed by atoms with van der Waals surface area (Å²) >= 11 is 0. The molecule has 5 heteroatoms. The van der Waals surface area contributed by atoms with E-state index in [-0.39, 0.29) is 29.5 Å². The minimum absolute atomic E-state index is 0.0630. The summed E-state index contributed by atoms with van der Waals surface area (Å²) in [6, 6.07) is 1.25. The number of phenols is 2. The number of aromatic hydroxyl groups is 2. The van der Waals surface area contributed by atoms with Crippen molar-refractivity contribution in [3.8, 4) is 11.5 Å². The first-order valence-electron chi connectivity index (χ1n) is 6.09. The predicted molar refractivity (Wildman–Crippen MR) is 69.5 cm³/mol. The van der Waals surface area contributed by atoms with Gasteiger partial charge >= 0.3 is 5.97 Å². The monoisotopic (exact) mass is 266 g/mol. The summed E-state index contributed by atoms with van der Waals surface area (Å²) < 4.78 is 4.82. The zero-order valence-corrected chi connectivity index (χ0v) is 11.3. The average Bonchev–Trinajstić information content (AvgIpc) is 2.32. The van der Waals surface area contributed by atoms with Gasteiger partial charge in [-0.1, -0.05) is 6.92 Å². The molecule has 2 N–H and O–H groups in total. The fourth-order valence-corrected chi connectivity index (χ4v) is 1.98. The first-order valence-corrected chi connectivity index (χ1v) is 6.09. The van der Waals surface area contributed by atoms with Gasteiger partial charge in [-0.25, -0.2) is 0 Å². The lowest BCUT2D eigenvalue weighted by Gasteiger charge is -2.14. The number of hydrogen-bond donors (Lipinski definition) is 2. The first-order chi connectivity index (χ1) is 8.88. The van der Waals surface area contributed by atoms with Crippen molar-refractivity contribution < 1.29 is 24.5 Å². The normalized spacial score (nSPS) is 10.3. The summed E-state index contributed by atoms with van der Waals surface area (Å²) in [6.07, 6.45) is 0.760. The topological polar surface area (TPSA) is 83.8 Å². The second-order valence-electron chi connectivity index (χ2n) is 4.25. The highest BCUT2D eigenvalue weighted by Gasteiger charge is 2.18. The van der Waals surface area contributed by atoms with Crippen LogP contribution in [-0.4, -0.2) is 28.6 Å². The van der Waals surface area contributed by atoms with Crippen molar-refractivity contribution in [2.45, 2.75) is 33.6 Å². The van der Waals surface area contributed by atoms with Gasteiger partial charge in [-0.3, -0.25) is 9.59 Å². The number of ketones is 1. The Morgan fingerprint density at radius 3 is 2.32 bits per heavy atom. The standard InChI is InChI=1S/C14H18O5/c1-4-10-11(5-6-19-9(3)16)13(17)7-12(8(2)15)14(10)18/h7,17-18H,4-6H2,1-3H3. The van der Waals surface area contributed by atoms with Crippen LogP contribution in [-0.2, 0) is 22.4 Å². The Morgan fingerprint density at radius 2 is 1.84 bits per heavy atom. The second-order valence-corrected chi connectivity index (χ2v) is 4.25. The SMILES string of the molecule is CCc1c(O)c(C(C)=O)cc(O)c1CCOC(C)=O. The molecular formula is C14H18O5. The Kier molecular flexibility index (Phi) is 4.92. The number of benzene rings is 1. The van der Waals surface area contributed by atoms with Crippen LogP contribution in [0, 0.1) is 0 Å². The smallest absolute Gasteiger partial charge is 0.302 e. The quantitative estimate of drug-likeness (QED) is 0.483. The number of rotatable bonds is 5. The van der Waals surface area contributed by atoms with Gasteiger partial charge in [0.25, 0.3) is 0 Å². The summed E-state index contributed by atoms with van der Waals surface area (Å²) in [5.41, 5.74) is 1.12. The molecule has 19 heavy (non-hydrogen) atoms. The van der Waals surface area contributed by atoms with Crippen LogP contribution in [0.1, 0.15) is 42.3 Å². The summed E-state index contributed by atoms with van der Waals surface area (Å²) in [5, 5.41) is 20.0. The van der Waals surface area contributed by atoms with E-state index in [1.54, 1.807) is 0 Å². The minimum Gasteiger partial charge on any atom is -0.508 e. The van der Waals surface area contributed by atoms with Gasteiger partial charge in [0.15, 0.2) is 5.78 Å². The van der Waals surface area contributed by atoms with E-state index in [4.69, 9.17) is 4.74 Å². The summed E-state index contributed by atoms with van der Waals surface area (Å²) in [6.45, 7) is 4.56. The molecule has 0 aliphatic rings. The first kappa shape index (κ1) is 15.0. The number of hydrogen-bond acceptors (Lipinski definition) is 5. The Labute approximate surface area is 111 Å².